The summed E-state index contributed by atoms with van der Waals surface area (Å²) >= 11 is 0. The number of rotatable bonds is 5. The van der Waals surface area contributed by atoms with Gasteiger partial charge in [-0.15, -0.1) is 12.4 Å². The van der Waals surface area contributed by atoms with Crippen molar-refractivity contribution in [3.63, 3.8) is 0 Å². The molecule has 1 aromatic carbocycles. The van der Waals surface area contributed by atoms with E-state index in [1.54, 1.807) is 37.3 Å². The Kier molecular flexibility index (Phi) is 7.33. The van der Waals surface area contributed by atoms with Crippen molar-refractivity contribution >= 4 is 29.9 Å². The largest absolute Gasteiger partial charge is 0.497 e. The Hall–Kier alpha value is -1.99. The second-order valence-corrected chi connectivity index (χ2v) is 7.10. The van der Waals surface area contributed by atoms with Gasteiger partial charge in [0.2, 0.25) is 11.8 Å². The highest BCUT2D eigenvalue weighted by molar-refractivity contribution is 6.00. The van der Waals surface area contributed by atoms with E-state index in [4.69, 9.17) is 15.2 Å². The van der Waals surface area contributed by atoms with Crippen LogP contribution in [0.15, 0.2) is 18.2 Å². The van der Waals surface area contributed by atoms with Crippen LogP contribution in [0.25, 0.3) is 0 Å². The third kappa shape index (κ3) is 5.05. The van der Waals surface area contributed by atoms with Crippen LogP contribution >= 0.6 is 12.4 Å². The predicted molar refractivity (Wildman–Crippen MR) is 106 cm³/mol. The Morgan fingerprint density at radius 1 is 1.11 bits per heavy atom. The number of ether oxygens (including phenoxy) is 2. The van der Waals surface area contributed by atoms with Crippen LogP contribution in [0.5, 0.6) is 11.5 Å². The highest BCUT2D eigenvalue weighted by Gasteiger charge is 2.36. The fourth-order valence-corrected chi connectivity index (χ4v) is 3.66. The second kappa shape index (κ2) is 9.28. The van der Waals surface area contributed by atoms with Gasteiger partial charge in [-0.2, -0.15) is 0 Å². The topological polar surface area (TPSA) is 93.9 Å². The summed E-state index contributed by atoms with van der Waals surface area (Å²) in [5.74, 6) is 0.773. The van der Waals surface area contributed by atoms with Crippen molar-refractivity contribution in [3.05, 3.63) is 18.2 Å². The molecule has 0 aromatic heterocycles. The summed E-state index contributed by atoms with van der Waals surface area (Å²) in [6.45, 7) is 0.368. The Bertz CT molecular complexity index is 655. The monoisotopic (exact) mass is 397 g/mol. The van der Waals surface area contributed by atoms with Crippen molar-refractivity contribution < 1.29 is 19.1 Å². The van der Waals surface area contributed by atoms with Crippen LogP contribution < -0.4 is 25.4 Å². The number of benzene rings is 1. The van der Waals surface area contributed by atoms with Gasteiger partial charge in [0.1, 0.15) is 11.5 Å². The van der Waals surface area contributed by atoms with Gasteiger partial charge in [0.25, 0.3) is 0 Å². The molecule has 2 aliphatic rings. The summed E-state index contributed by atoms with van der Waals surface area (Å²) in [4.78, 5) is 26.7. The first-order valence-corrected chi connectivity index (χ1v) is 9.09. The molecule has 27 heavy (non-hydrogen) atoms. The maximum atomic E-state index is 12.6. The average molecular weight is 398 g/mol. The number of carbonyl (C=O) groups excluding carboxylic acids is 2. The smallest absolute Gasteiger partial charge is 0.227 e. The molecule has 150 valence electrons. The molecule has 1 atom stereocenters. The van der Waals surface area contributed by atoms with Gasteiger partial charge in [0.05, 0.1) is 25.8 Å². The van der Waals surface area contributed by atoms with Crippen molar-refractivity contribution in [1.82, 2.24) is 5.32 Å². The Morgan fingerprint density at radius 3 is 2.26 bits per heavy atom. The molecule has 3 rings (SSSR count). The van der Waals surface area contributed by atoms with Gasteiger partial charge in [-0.1, -0.05) is 0 Å². The standard InChI is InChI=1S/C19H27N3O4.ClH/c1-25-16-8-15(9-17(10-16)26-2)22-11-12(7-18(22)23)19(24)21-14-5-3-13(20)4-6-14;/h8-10,12-14H,3-7,11,20H2,1-2H3,(H,21,24);1H. The van der Waals surface area contributed by atoms with Gasteiger partial charge < -0.3 is 25.4 Å². The van der Waals surface area contributed by atoms with Gasteiger partial charge >= 0.3 is 0 Å². The minimum Gasteiger partial charge on any atom is -0.497 e. The molecule has 0 spiro atoms. The number of nitrogens with zero attached hydrogens (tertiary/aromatic N) is 1. The minimum absolute atomic E-state index is 0. The number of anilines is 1. The second-order valence-electron chi connectivity index (χ2n) is 7.10. The number of nitrogens with two attached hydrogens (primary N) is 1. The first-order chi connectivity index (χ1) is 12.5. The lowest BCUT2D eigenvalue weighted by atomic mass is 9.91. The predicted octanol–water partition coefficient (Wildman–Crippen LogP) is 1.86. The van der Waals surface area contributed by atoms with Gasteiger partial charge in [-0.05, 0) is 25.7 Å². The molecule has 8 heteroatoms. The Balaban J connectivity index is 0.00000261. The molecule has 1 saturated heterocycles. The van der Waals surface area contributed by atoms with Gasteiger partial charge in [0.15, 0.2) is 0 Å². The number of hydrogen-bond donors (Lipinski definition) is 2. The average Bonchev–Trinajstić information content (AvgIpc) is 3.05. The van der Waals surface area contributed by atoms with Crippen LogP contribution in [0.4, 0.5) is 5.69 Å². The summed E-state index contributed by atoms with van der Waals surface area (Å²) in [6.07, 6.45) is 3.90. The first kappa shape index (κ1) is 21.3. The quantitative estimate of drug-likeness (QED) is 0.790. The SMILES string of the molecule is COc1cc(OC)cc(N2CC(C(=O)NC3CCC(N)CC3)CC2=O)c1.Cl. The molecule has 2 fully saturated rings. The third-order valence-electron chi connectivity index (χ3n) is 5.26. The molecule has 0 radical (unpaired) electrons. The summed E-state index contributed by atoms with van der Waals surface area (Å²) in [5.41, 5.74) is 6.60. The van der Waals surface area contributed by atoms with Crippen LogP contribution in [0.2, 0.25) is 0 Å². The molecular formula is C19H28ClN3O4. The van der Waals surface area contributed by atoms with Gasteiger partial charge in [-0.3, -0.25) is 9.59 Å². The van der Waals surface area contributed by atoms with Gasteiger partial charge in [0, 0.05) is 43.2 Å². The lowest BCUT2D eigenvalue weighted by Gasteiger charge is -2.27. The van der Waals surface area contributed by atoms with E-state index in [9.17, 15) is 9.59 Å². The lowest BCUT2D eigenvalue weighted by Crippen LogP contribution is -2.43. The molecule has 1 unspecified atom stereocenters. The van der Waals surface area contributed by atoms with Crippen LogP contribution in [0.1, 0.15) is 32.1 Å². The summed E-state index contributed by atoms with van der Waals surface area (Å²) in [6, 6.07) is 5.73. The molecule has 2 amide bonds. The maximum absolute atomic E-state index is 12.6. The van der Waals surface area contributed by atoms with Crippen LogP contribution in [-0.4, -0.2) is 44.7 Å². The third-order valence-corrected chi connectivity index (χ3v) is 5.26. The van der Waals surface area contributed by atoms with Crippen molar-refractivity contribution in [1.29, 1.82) is 0 Å². The number of amides is 2. The number of methoxy groups -OCH3 is 2. The molecule has 1 aliphatic heterocycles. The molecule has 7 nitrogen and oxygen atoms in total. The van der Waals surface area contributed by atoms with Crippen molar-refractivity contribution in [2.24, 2.45) is 11.7 Å². The van der Waals surface area contributed by atoms with Crippen molar-refractivity contribution in [2.75, 3.05) is 25.7 Å². The van der Waals surface area contributed by atoms with E-state index in [2.05, 4.69) is 5.32 Å². The molecular weight excluding hydrogens is 370 g/mol. The summed E-state index contributed by atoms with van der Waals surface area (Å²) in [5, 5.41) is 3.10. The van der Waals surface area contributed by atoms with E-state index in [1.165, 1.54) is 0 Å². The zero-order valence-electron chi connectivity index (χ0n) is 15.8. The first-order valence-electron chi connectivity index (χ1n) is 9.09. The summed E-state index contributed by atoms with van der Waals surface area (Å²) in [7, 11) is 3.13. The molecule has 1 saturated carbocycles. The van der Waals surface area contributed by atoms with E-state index >= 15 is 0 Å². The summed E-state index contributed by atoms with van der Waals surface area (Å²) < 4.78 is 10.5. The highest BCUT2D eigenvalue weighted by Crippen LogP contribution is 2.32. The Labute approximate surface area is 166 Å². The number of nitrogens with one attached hydrogen (secondary N) is 1. The van der Waals surface area contributed by atoms with E-state index in [1.807, 2.05) is 0 Å². The zero-order valence-corrected chi connectivity index (χ0v) is 16.6. The number of carbonyl (C=O) groups is 2. The molecule has 1 aromatic rings. The Morgan fingerprint density at radius 2 is 1.70 bits per heavy atom. The van der Waals surface area contributed by atoms with Crippen LogP contribution in [0.3, 0.4) is 0 Å². The molecule has 3 N–H and O–H groups in total. The maximum Gasteiger partial charge on any atom is 0.227 e. The van der Waals surface area contributed by atoms with Gasteiger partial charge in [-0.25, -0.2) is 0 Å². The lowest BCUT2D eigenvalue weighted by molar-refractivity contribution is -0.127. The van der Waals surface area contributed by atoms with Crippen molar-refractivity contribution in [3.8, 4) is 11.5 Å². The van der Waals surface area contributed by atoms with Crippen LogP contribution in [0, 0.1) is 5.92 Å². The van der Waals surface area contributed by atoms with E-state index < -0.39 is 0 Å². The minimum atomic E-state index is -0.338. The fraction of sp³-hybridized carbons (Fsp3) is 0.579. The van der Waals surface area contributed by atoms with E-state index in [0.717, 1.165) is 25.7 Å². The number of hydrogen-bond acceptors (Lipinski definition) is 5. The van der Waals surface area contributed by atoms with E-state index in [0.29, 0.717) is 23.7 Å². The molecule has 1 aliphatic carbocycles. The molecule has 1 heterocycles. The van der Waals surface area contributed by atoms with Crippen molar-refractivity contribution in [2.45, 2.75) is 44.2 Å². The fourth-order valence-electron chi connectivity index (χ4n) is 3.66. The number of halogens is 1. The highest BCUT2D eigenvalue weighted by atomic mass is 35.5. The zero-order chi connectivity index (χ0) is 18.7. The van der Waals surface area contributed by atoms with E-state index in [-0.39, 0.29) is 48.6 Å². The normalized spacial score (nSPS) is 24.9. The molecule has 0 bridgehead atoms. The van der Waals surface area contributed by atoms with Crippen LogP contribution in [-0.2, 0) is 9.59 Å².